The molecule has 2 aliphatic heterocycles. The van der Waals surface area contributed by atoms with Crippen molar-refractivity contribution in [2.75, 3.05) is 26.2 Å². The molecule has 3 unspecified atom stereocenters. The highest BCUT2D eigenvalue weighted by atomic mass is 16.5. The van der Waals surface area contributed by atoms with Crippen LogP contribution < -0.4 is 5.32 Å². The predicted molar refractivity (Wildman–Crippen MR) is 86.3 cm³/mol. The third-order valence-corrected chi connectivity index (χ3v) is 4.96. The van der Waals surface area contributed by atoms with Crippen molar-refractivity contribution < 1.29 is 4.74 Å². The minimum Gasteiger partial charge on any atom is -0.378 e. The Morgan fingerprint density at radius 3 is 2.86 bits per heavy atom. The van der Waals surface area contributed by atoms with Crippen LogP contribution in [-0.2, 0) is 11.3 Å². The smallest absolute Gasteiger partial charge is 0.0588 e. The lowest BCUT2D eigenvalue weighted by Gasteiger charge is -2.34. The minimum atomic E-state index is 0.432. The van der Waals surface area contributed by atoms with Crippen molar-refractivity contribution in [3.05, 3.63) is 35.9 Å². The molecule has 0 aliphatic carbocycles. The largest absolute Gasteiger partial charge is 0.378 e. The molecule has 2 saturated heterocycles. The predicted octanol–water partition coefficient (Wildman–Crippen LogP) is 2.67. The molecule has 0 aromatic heterocycles. The van der Waals surface area contributed by atoms with Crippen molar-refractivity contribution in [1.29, 1.82) is 0 Å². The van der Waals surface area contributed by atoms with Crippen molar-refractivity contribution in [2.45, 2.75) is 44.9 Å². The summed E-state index contributed by atoms with van der Waals surface area (Å²) in [5.41, 5.74) is 1.43. The number of ether oxygens (including phenoxy) is 1. The summed E-state index contributed by atoms with van der Waals surface area (Å²) < 4.78 is 5.66. The first-order valence-electron chi connectivity index (χ1n) is 8.42. The normalized spacial score (nSPS) is 30.6. The number of nitrogens with one attached hydrogen (secondary N) is 1. The van der Waals surface area contributed by atoms with Gasteiger partial charge in [0, 0.05) is 32.3 Å². The third-order valence-electron chi connectivity index (χ3n) is 4.96. The zero-order valence-corrected chi connectivity index (χ0v) is 13.1. The average Bonchev–Trinajstić information content (AvgIpc) is 2.92. The monoisotopic (exact) mass is 288 g/mol. The van der Waals surface area contributed by atoms with Gasteiger partial charge in [0.05, 0.1) is 6.10 Å². The van der Waals surface area contributed by atoms with Crippen LogP contribution in [0.3, 0.4) is 0 Å². The maximum Gasteiger partial charge on any atom is 0.0588 e. The summed E-state index contributed by atoms with van der Waals surface area (Å²) in [7, 11) is 0. The lowest BCUT2D eigenvalue weighted by molar-refractivity contribution is 0.102. The van der Waals surface area contributed by atoms with Crippen LogP contribution in [0.5, 0.6) is 0 Å². The number of likely N-dealkylation sites (tertiary alicyclic amines) is 1. The molecule has 116 valence electrons. The Hall–Kier alpha value is -0.900. The van der Waals surface area contributed by atoms with Crippen molar-refractivity contribution in [2.24, 2.45) is 5.92 Å². The maximum absolute atomic E-state index is 5.66. The van der Waals surface area contributed by atoms with Crippen molar-refractivity contribution >= 4 is 0 Å². The van der Waals surface area contributed by atoms with Gasteiger partial charge in [-0.15, -0.1) is 0 Å². The van der Waals surface area contributed by atoms with Crippen LogP contribution >= 0.6 is 0 Å². The Kier molecular flexibility index (Phi) is 5.28. The first-order valence-corrected chi connectivity index (χ1v) is 8.42. The first-order chi connectivity index (χ1) is 10.3. The van der Waals surface area contributed by atoms with E-state index in [2.05, 4.69) is 47.5 Å². The number of piperidine rings is 1. The zero-order chi connectivity index (χ0) is 14.5. The second-order valence-electron chi connectivity index (χ2n) is 6.59. The van der Waals surface area contributed by atoms with Crippen LogP contribution in [0.25, 0.3) is 0 Å². The van der Waals surface area contributed by atoms with Crippen LogP contribution in [0.2, 0.25) is 0 Å². The van der Waals surface area contributed by atoms with E-state index in [9.17, 15) is 0 Å². The number of benzene rings is 1. The Balaban J connectivity index is 1.44. The molecule has 3 rings (SSSR count). The highest BCUT2D eigenvalue weighted by molar-refractivity contribution is 5.14. The van der Waals surface area contributed by atoms with E-state index in [1.54, 1.807) is 0 Å². The van der Waals surface area contributed by atoms with E-state index in [-0.39, 0.29) is 0 Å². The summed E-state index contributed by atoms with van der Waals surface area (Å²) in [4.78, 5) is 2.59. The molecular weight excluding hydrogens is 260 g/mol. The van der Waals surface area contributed by atoms with Crippen molar-refractivity contribution in [3.8, 4) is 0 Å². The minimum absolute atomic E-state index is 0.432. The maximum atomic E-state index is 5.66. The third kappa shape index (κ3) is 4.29. The summed E-state index contributed by atoms with van der Waals surface area (Å²) in [5.74, 6) is 0.703. The second-order valence-corrected chi connectivity index (χ2v) is 6.59. The van der Waals surface area contributed by atoms with Gasteiger partial charge >= 0.3 is 0 Å². The fourth-order valence-electron chi connectivity index (χ4n) is 3.57. The van der Waals surface area contributed by atoms with Crippen molar-refractivity contribution in [3.63, 3.8) is 0 Å². The van der Waals surface area contributed by atoms with E-state index in [1.807, 2.05) is 0 Å². The van der Waals surface area contributed by atoms with Crippen LogP contribution in [0.4, 0.5) is 0 Å². The van der Waals surface area contributed by atoms with E-state index in [0.717, 1.165) is 19.7 Å². The lowest BCUT2D eigenvalue weighted by Crippen LogP contribution is -2.47. The highest BCUT2D eigenvalue weighted by Crippen LogP contribution is 2.20. The Labute approximate surface area is 128 Å². The molecule has 2 aliphatic rings. The number of rotatable bonds is 5. The van der Waals surface area contributed by atoms with E-state index in [1.165, 1.54) is 37.9 Å². The molecular formula is C18H28N2O. The molecule has 1 N–H and O–H groups in total. The topological polar surface area (TPSA) is 24.5 Å². The molecule has 2 fully saturated rings. The van der Waals surface area contributed by atoms with Crippen LogP contribution in [0.1, 0.15) is 31.7 Å². The fraction of sp³-hybridized carbons (Fsp3) is 0.667. The molecule has 3 nitrogen and oxygen atoms in total. The molecule has 3 atom stereocenters. The van der Waals surface area contributed by atoms with Gasteiger partial charge < -0.3 is 10.1 Å². The standard InChI is InChI=1S/C18H28N2O/c1-15-17(9-11-21-15)12-19-18-8-5-10-20(14-18)13-16-6-3-2-4-7-16/h2-4,6-7,15,17-19H,5,8-14H2,1H3. The van der Waals surface area contributed by atoms with Gasteiger partial charge in [-0.25, -0.2) is 0 Å². The lowest BCUT2D eigenvalue weighted by atomic mass is 10.0. The second kappa shape index (κ2) is 7.39. The number of hydrogen-bond acceptors (Lipinski definition) is 3. The van der Waals surface area contributed by atoms with Gasteiger partial charge in [-0.3, -0.25) is 4.90 Å². The van der Waals surface area contributed by atoms with E-state index in [4.69, 9.17) is 4.74 Å². The SMILES string of the molecule is CC1OCCC1CNC1CCCN(Cc2ccccc2)C1. The molecule has 0 saturated carbocycles. The fourth-order valence-corrected chi connectivity index (χ4v) is 3.57. The molecule has 0 amide bonds. The molecule has 0 spiro atoms. The number of hydrogen-bond donors (Lipinski definition) is 1. The summed E-state index contributed by atoms with van der Waals surface area (Å²) >= 11 is 0. The molecule has 0 radical (unpaired) electrons. The van der Waals surface area contributed by atoms with Crippen molar-refractivity contribution in [1.82, 2.24) is 10.2 Å². The van der Waals surface area contributed by atoms with Gasteiger partial charge in [0.25, 0.3) is 0 Å². The first kappa shape index (κ1) is 15.0. The molecule has 1 aromatic carbocycles. The average molecular weight is 288 g/mol. The van der Waals surface area contributed by atoms with Gasteiger partial charge in [-0.05, 0) is 44.2 Å². The van der Waals surface area contributed by atoms with Gasteiger partial charge in [-0.1, -0.05) is 30.3 Å². The summed E-state index contributed by atoms with van der Waals surface area (Å²) in [6.07, 6.45) is 4.27. The van der Waals surface area contributed by atoms with E-state index < -0.39 is 0 Å². The van der Waals surface area contributed by atoms with Crippen LogP contribution in [0, 0.1) is 5.92 Å². The molecule has 1 aromatic rings. The van der Waals surface area contributed by atoms with Gasteiger partial charge in [0.1, 0.15) is 0 Å². The molecule has 3 heteroatoms. The molecule has 21 heavy (non-hydrogen) atoms. The molecule has 2 heterocycles. The van der Waals surface area contributed by atoms with Gasteiger partial charge in [0.2, 0.25) is 0 Å². The van der Waals surface area contributed by atoms with Gasteiger partial charge in [0.15, 0.2) is 0 Å². The van der Waals surface area contributed by atoms with Gasteiger partial charge in [-0.2, -0.15) is 0 Å². The molecule has 0 bridgehead atoms. The zero-order valence-electron chi connectivity index (χ0n) is 13.1. The number of nitrogens with zero attached hydrogens (tertiary/aromatic N) is 1. The van der Waals surface area contributed by atoms with Crippen LogP contribution in [-0.4, -0.2) is 43.3 Å². The summed E-state index contributed by atoms with van der Waals surface area (Å²) in [6.45, 7) is 7.76. The van der Waals surface area contributed by atoms with Crippen LogP contribution in [0.15, 0.2) is 30.3 Å². The van der Waals surface area contributed by atoms with E-state index >= 15 is 0 Å². The Morgan fingerprint density at radius 2 is 2.10 bits per heavy atom. The Morgan fingerprint density at radius 1 is 1.24 bits per heavy atom. The quantitative estimate of drug-likeness (QED) is 0.901. The summed E-state index contributed by atoms with van der Waals surface area (Å²) in [6, 6.07) is 11.5. The Bertz CT molecular complexity index is 422. The summed E-state index contributed by atoms with van der Waals surface area (Å²) in [5, 5.41) is 3.79. The highest BCUT2D eigenvalue weighted by Gasteiger charge is 2.26. The van der Waals surface area contributed by atoms with E-state index in [0.29, 0.717) is 18.1 Å².